The van der Waals surface area contributed by atoms with Gasteiger partial charge in [0.15, 0.2) is 0 Å². The van der Waals surface area contributed by atoms with Gasteiger partial charge in [0.1, 0.15) is 18.2 Å². The van der Waals surface area contributed by atoms with Crippen LogP contribution < -0.4 is 9.84 Å². The van der Waals surface area contributed by atoms with Crippen LogP contribution in [0.3, 0.4) is 0 Å². The van der Waals surface area contributed by atoms with Crippen molar-refractivity contribution in [1.29, 1.82) is 0 Å². The van der Waals surface area contributed by atoms with Crippen LogP contribution in [-0.4, -0.2) is 10.5 Å². The summed E-state index contributed by atoms with van der Waals surface area (Å²) in [4.78, 5) is 11.4. The Morgan fingerprint density at radius 3 is 2.76 bits per heavy atom. The van der Waals surface area contributed by atoms with Gasteiger partial charge in [-0.25, -0.2) is 4.39 Å². The van der Waals surface area contributed by atoms with Crippen LogP contribution in [0, 0.1) is 5.82 Å². The van der Waals surface area contributed by atoms with Gasteiger partial charge < -0.3 is 19.2 Å². The number of hydrogen-bond acceptors (Lipinski definition) is 3. The van der Waals surface area contributed by atoms with Gasteiger partial charge in [0, 0.05) is 17.5 Å². The highest BCUT2D eigenvalue weighted by atomic mass is 19.1. The zero-order valence-corrected chi connectivity index (χ0v) is 13.7. The minimum Gasteiger partial charge on any atom is -0.543 e. The Morgan fingerprint density at radius 2 is 2.04 bits per heavy atom. The summed E-state index contributed by atoms with van der Waals surface area (Å²) in [6, 6.07) is 13.3. The van der Waals surface area contributed by atoms with Gasteiger partial charge in [0.2, 0.25) is 0 Å². The minimum absolute atomic E-state index is 0.0620. The number of halogens is 1. The van der Waals surface area contributed by atoms with Crippen molar-refractivity contribution in [2.75, 3.05) is 0 Å². The standard InChI is InChI=1S/C20H18FNO3/c1-2-3-11-22-17-9-6-10-19(15(17)12-18(22)20(23)24)25-13-14-7-4-5-8-16(14)21/h2-10,12H,11,13H2,1H3,(H,23,24)/p-1/b3-2-. The first kappa shape index (κ1) is 16.8. The van der Waals surface area contributed by atoms with Crippen LogP contribution in [0.25, 0.3) is 10.9 Å². The highest BCUT2D eigenvalue weighted by Crippen LogP contribution is 2.30. The third kappa shape index (κ3) is 3.40. The molecule has 25 heavy (non-hydrogen) atoms. The van der Waals surface area contributed by atoms with E-state index in [1.165, 1.54) is 12.1 Å². The van der Waals surface area contributed by atoms with Gasteiger partial charge in [-0.1, -0.05) is 36.4 Å². The highest BCUT2D eigenvalue weighted by molar-refractivity contribution is 5.96. The van der Waals surface area contributed by atoms with Crippen molar-refractivity contribution in [2.45, 2.75) is 20.1 Å². The molecule has 0 fully saturated rings. The van der Waals surface area contributed by atoms with Crippen LogP contribution in [0.2, 0.25) is 0 Å². The van der Waals surface area contributed by atoms with E-state index in [1.807, 2.05) is 25.1 Å². The molecule has 1 heterocycles. The van der Waals surface area contributed by atoms with Crippen molar-refractivity contribution < 1.29 is 19.0 Å². The van der Waals surface area contributed by atoms with E-state index in [1.54, 1.807) is 34.9 Å². The number of aromatic carboxylic acids is 1. The van der Waals surface area contributed by atoms with Gasteiger partial charge in [-0.2, -0.15) is 0 Å². The number of fused-ring (bicyclic) bond motifs is 1. The lowest BCUT2D eigenvalue weighted by Gasteiger charge is -2.10. The van der Waals surface area contributed by atoms with Crippen molar-refractivity contribution in [3.63, 3.8) is 0 Å². The van der Waals surface area contributed by atoms with Crippen LogP contribution in [0.15, 0.2) is 60.7 Å². The molecule has 0 saturated heterocycles. The minimum atomic E-state index is -1.25. The molecular weight excluding hydrogens is 321 g/mol. The number of carboxylic acid groups (broad SMARTS) is 1. The summed E-state index contributed by atoms with van der Waals surface area (Å²) in [7, 11) is 0. The summed E-state index contributed by atoms with van der Waals surface area (Å²) in [5, 5.41) is 12.1. The molecule has 128 valence electrons. The van der Waals surface area contributed by atoms with Crippen LogP contribution >= 0.6 is 0 Å². The lowest BCUT2D eigenvalue weighted by atomic mass is 10.2. The van der Waals surface area contributed by atoms with Crippen molar-refractivity contribution in [3.05, 3.63) is 77.8 Å². The predicted octanol–water partition coefficient (Wildman–Crippen LogP) is 3.30. The summed E-state index contributed by atoms with van der Waals surface area (Å²) in [5.41, 5.74) is 1.24. The van der Waals surface area contributed by atoms with E-state index in [0.29, 0.717) is 23.2 Å². The van der Waals surface area contributed by atoms with Crippen molar-refractivity contribution in [1.82, 2.24) is 4.57 Å². The molecule has 2 aromatic carbocycles. The fourth-order valence-corrected chi connectivity index (χ4v) is 2.73. The topological polar surface area (TPSA) is 54.3 Å². The first-order chi connectivity index (χ1) is 12.1. The van der Waals surface area contributed by atoms with Crippen molar-refractivity contribution in [3.8, 4) is 5.75 Å². The second-order valence-corrected chi connectivity index (χ2v) is 5.57. The van der Waals surface area contributed by atoms with E-state index in [0.717, 1.165) is 5.52 Å². The Hall–Kier alpha value is -3.08. The predicted molar refractivity (Wildman–Crippen MR) is 91.8 cm³/mol. The number of allylic oxidation sites excluding steroid dienone is 2. The van der Waals surface area contributed by atoms with Gasteiger partial charge in [-0.05, 0) is 31.2 Å². The van der Waals surface area contributed by atoms with Gasteiger partial charge in [0.25, 0.3) is 0 Å². The molecule has 0 amide bonds. The molecule has 1 aromatic heterocycles. The highest BCUT2D eigenvalue weighted by Gasteiger charge is 2.13. The normalized spacial score (nSPS) is 11.3. The van der Waals surface area contributed by atoms with Gasteiger partial charge >= 0.3 is 0 Å². The van der Waals surface area contributed by atoms with Crippen LogP contribution in [0.5, 0.6) is 5.75 Å². The first-order valence-corrected chi connectivity index (χ1v) is 7.92. The van der Waals surface area contributed by atoms with E-state index in [2.05, 4.69) is 0 Å². The second kappa shape index (κ2) is 7.21. The summed E-state index contributed by atoms with van der Waals surface area (Å²) in [5.74, 6) is -1.08. The van der Waals surface area contributed by atoms with Crippen molar-refractivity contribution >= 4 is 16.9 Å². The number of ether oxygens (including phenoxy) is 1. The Bertz CT molecular complexity index is 943. The average molecular weight is 338 g/mol. The largest absolute Gasteiger partial charge is 0.543 e. The molecule has 3 rings (SSSR count). The summed E-state index contributed by atoms with van der Waals surface area (Å²) < 4.78 is 21.1. The van der Waals surface area contributed by atoms with E-state index < -0.39 is 5.97 Å². The number of carbonyl (C=O) groups excluding carboxylic acids is 1. The molecule has 0 bridgehead atoms. The number of hydrogen-bond donors (Lipinski definition) is 0. The molecule has 3 aromatic rings. The number of aromatic nitrogens is 1. The molecule has 0 atom stereocenters. The number of rotatable bonds is 6. The molecule has 0 radical (unpaired) electrons. The lowest BCUT2D eigenvalue weighted by Crippen LogP contribution is -2.25. The summed E-state index contributed by atoms with van der Waals surface area (Å²) >= 11 is 0. The maximum absolute atomic E-state index is 13.7. The Kier molecular flexibility index (Phi) is 4.84. The van der Waals surface area contributed by atoms with Gasteiger partial charge in [-0.3, -0.25) is 0 Å². The number of nitrogens with zero attached hydrogens (tertiary/aromatic N) is 1. The molecular formula is C20H17FNO3-. The molecule has 0 aliphatic carbocycles. The van der Waals surface area contributed by atoms with Crippen molar-refractivity contribution in [2.24, 2.45) is 0 Å². The second-order valence-electron chi connectivity index (χ2n) is 5.57. The third-order valence-corrected chi connectivity index (χ3v) is 3.98. The van der Waals surface area contributed by atoms with Gasteiger partial charge in [0.05, 0.1) is 17.2 Å². The smallest absolute Gasteiger partial charge is 0.129 e. The van der Waals surface area contributed by atoms with E-state index in [9.17, 15) is 14.3 Å². The first-order valence-electron chi connectivity index (χ1n) is 7.92. The quantitative estimate of drug-likeness (QED) is 0.648. The van der Waals surface area contributed by atoms with Crippen LogP contribution in [-0.2, 0) is 13.2 Å². The SMILES string of the molecule is C/C=C\Cn1c(C(=O)[O-])cc2c(OCc3ccccc3F)cccc21. The maximum Gasteiger partial charge on any atom is 0.129 e. The summed E-state index contributed by atoms with van der Waals surface area (Å²) in [6.07, 6.45) is 3.71. The van der Waals surface area contributed by atoms with Gasteiger partial charge in [-0.15, -0.1) is 0 Å². The Morgan fingerprint density at radius 1 is 1.24 bits per heavy atom. The molecule has 4 nitrogen and oxygen atoms in total. The number of carbonyl (C=O) groups is 1. The zero-order valence-electron chi connectivity index (χ0n) is 13.7. The molecule has 0 aliphatic heterocycles. The Labute approximate surface area is 144 Å². The van der Waals surface area contributed by atoms with E-state index in [4.69, 9.17) is 4.74 Å². The Balaban J connectivity index is 1.99. The van der Waals surface area contributed by atoms with E-state index >= 15 is 0 Å². The number of benzene rings is 2. The molecule has 0 saturated carbocycles. The number of carboxylic acids is 1. The van der Waals surface area contributed by atoms with Crippen LogP contribution in [0.1, 0.15) is 23.0 Å². The maximum atomic E-state index is 13.7. The molecule has 5 heteroatoms. The lowest BCUT2D eigenvalue weighted by molar-refractivity contribution is -0.255. The average Bonchev–Trinajstić information content (AvgIpc) is 2.99. The molecule has 0 unspecified atom stereocenters. The monoisotopic (exact) mass is 338 g/mol. The molecule has 0 aliphatic rings. The molecule has 0 N–H and O–H groups in total. The molecule has 0 spiro atoms. The summed E-state index contributed by atoms with van der Waals surface area (Å²) in [6.45, 7) is 2.35. The zero-order chi connectivity index (χ0) is 17.8. The van der Waals surface area contributed by atoms with Crippen LogP contribution in [0.4, 0.5) is 4.39 Å². The fraction of sp³-hybridized carbons (Fsp3) is 0.150. The van der Waals surface area contributed by atoms with E-state index in [-0.39, 0.29) is 18.1 Å². The third-order valence-electron chi connectivity index (χ3n) is 3.98. The fourth-order valence-electron chi connectivity index (χ4n) is 2.73.